The van der Waals surface area contributed by atoms with Crippen molar-refractivity contribution in [1.82, 2.24) is 5.32 Å². The van der Waals surface area contributed by atoms with E-state index in [1.165, 1.54) is 0 Å². The number of allylic oxidation sites excluding steroid dienone is 1. The van der Waals surface area contributed by atoms with Gasteiger partial charge in [0.1, 0.15) is 5.60 Å². The lowest BCUT2D eigenvalue weighted by Gasteiger charge is -2.27. The average molecular weight is 253 g/mol. The van der Waals surface area contributed by atoms with E-state index in [1.54, 1.807) is 6.08 Å². The van der Waals surface area contributed by atoms with Gasteiger partial charge in [0.15, 0.2) is 0 Å². The molecule has 3 heteroatoms. The SMILES string of the molecule is C=CCNC(/C(=C/C)C(=O)OC(C)(C)C)C(C)C. The van der Waals surface area contributed by atoms with Gasteiger partial charge >= 0.3 is 5.97 Å². The van der Waals surface area contributed by atoms with Gasteiger partial charge < -0.3 is 10.1 Å². The first-order chi connectivity index (χ1) is 8.22. The van der Waals surface area contributed by atoms with Crippen LogP contribution in [0.2, 0.25) is 0 Å². The molecule has 0 bridgehead atoms. The van der Waals surface area contributed by atoms with E-state index in [1.807, 2.05) is 33.8 Å². The Labute approximate surface area is 111 Å². The Morgan fingerprint density at radius 1 is 1.39 bits per heavy atom. The van der Waals surface area contributed by atoms with Crippen molar-refractivity contribution in [3.05, 3.63) is 24.3 Å². The lowest BCUT2D eigenvalue weighted by molar-refractivity contribution is -0.150. The molecule has 0 saturated heterocycles. The first-order valence-electron chi connectivity index (χ1n) is 6.46. The minimum atomic E-state index is -0.467. The predicted molar refractivity (Wildman–Crippen MR) is 76.4 cm³/mol. The molecule has 104 valence electrons. The molecule has 0 amide bonds. The van der Waals surface area contributed by atoms with Gasteiger partial charge in [0.05, 0.1) is 5.57 Å². The molecule has 3 nitrogen and oxygen atoms in total. The first-order valence-corrected chi connectivity index (χ1v) is 6.46. The van der Waals surface area contributed by atoms with Crippen LogP contribution in [0.4, 0.5) is 0 Å². The molecule has 0 aromatic carbocycles. The summed E-state index contributed by atoms with van der Waals surface area (Å²) in [5.41, 5.74) is 0.215. The molecular formula is C15H27NO2. The third-order valence-corrected chi connectivity index (χ3v) is 2.43. The summed E-state index contributed by atoms with van der Waals surface area (Å²) >= 11 is 0. The van der Waals surface area contributed by atoms with E-state index in [-0.39, 0.29) is 12.0 Å². The fraction of sp³-hybridized carbons (Fsp3) is 0.667. The van der Waals surface area contributed by atoms with Crippen molar-refractivity contribution >= 4 is 5.97 Å². The van der Waals surface area contributed by atoms with Crippen LogP contribution in [0.15, 0.2) is 24.3 Å². The summed E-state index contributed by atoms with van der Waals surface area (Å²) < 4.78 is 5.43. The minimum absolute atomic E-state index is 0.0113. The number of nitrogens with one attached hydrogen (secondary N) is 1. The molecule has 0 aromatic rings. The molecule has 0 aliphatic carbocycles. The van der Waals surface area contributed by atoms with E-state index in [0.29, 0.717) is 18.0 Å². The molecule has 18 heavy (non-hydrogen) atoms. The van der Waals surface area contributed by atoms with Crippen LogP contribution in [0.5, 0.6) is 0 Å². The van der Waals surface area contributed by atoms with Gasteiger partial charge in [-0.05, 0) is 33.6 Å². The van der Waals surface area contributed by atoms with Gasteiger partial charge in [-0.2, -0.15) is 0 Å². The quantitative estimate of drug-likeness (QED) is 0.449. The third-order valence-electron chi connectivity index (χ3n) is 2.43. The molecule has 0 heterocycles. The summed E-state index contributed by atoms with van der Waals surface area (Å²) in [5.74, 6) is 0.0592. The Morgan fingerprint density at radius 3 is 2.28 bits per heavy atom. The molecule has 1 atom stereocenters. The molecule has 0 aliphatic heterocycles. The normalized spacial score (nSPS) is 14.5. The number of carbonyl (C=O) groups is 1. The second kappa shape index (κ2) is 7.37. The highest BCUT2D eigenvalue weighted by Gasteiger charge is 2.26. The van der Waals surface area contributed by atoms with Crippen LogP contribution in [0, 0.1) is 5.92 Å². The lowest BCUT2D eigenvalue weighted by Crippen LogP contribution is -2.40. The number of rotatable bonds is 6. The highest BCUT2D eigenvalue weighted by Crippen LogP contribution is 2.17. The molecule has 0 aliphatic rings. The van der Waals surface area contributed by atoms with E-state index >= 15 is 0 Å². The summed E-state index contributed by atoms with van der Waals surface area (Å²) in [7, 11) is 0. The van der Waals surface area contributed by atoms with Crippen molar-refractivity contribution in [2.75, 3.05) is 6.54 Å². The second-order valence-electron chi connectivity index (χ2n) is 5.66. The molecular weight excluding hydrogens is 226 g/mol. The molecule has 0 aromatic heterocycles. The maximum atomic E-state index is 12.1. The van der Waals surface area contributed by atoms with Crippen molar-refractivity contribution in [1.29, 1.82) is 0 Å². The molecule has 0 radical (unpaired) electrons. The fourth-order valence-electron chi connectivity index (χ4n) is 1.68. The van der Waals surface area contributed by atoms with Gasteiger partial charge in [0, 0.05) is 12.6 Å². The number of hydrogen-bond acceptors (Lipinski definition) is 3. The van der Waals surface area contributed by atoms with Gasteiger partial charge in [0.25, 0.3) is 0 Å². The molecule has 0 spiro atoms. The second-order valence-corrected chi connectivity index (χ2v) is 5.66. The summed E-state index contributed by atoms with van der Waals surface area (Å²) in [4.78, 5) is 12.1. The van der Waals surface area contributed by atoms with Crippen LogP contribution in [0.3, 0.4) is 0 Å². The Bertz CT molecular complexity index is 311. The number of ether oxygens (including phenoxy) is 1. The largest absolute Gasteiger partial charge is 0.457 e. The molecule has 1 unspecified atom stereocenters. The van der Waals surface area contributed by atoms with Crippen molar-refractivity contribution in [3.63, 3.8) is 0 Å². The Morgan fingerprint density at radius 2 is 1.94 bits per heavy atom. The Balaban J connectivity index is 4.91. The van der Waals surface area contributed by atoms with Crippen LogP contribution in [0.1, 0.15) is 41.5 Å². The molecule has 0 rings (SSSR count). The monoisotopic (exact) mass is 253 g/mol. The zero-order valence-electron chi connectivity index (χ0n) is 12.5. The van der Waals surface area contributed by atoms with E-state index in [2.05, 4.69) is 25.7 Å². The highest BCUT2D eigenvalue weighted by atomic mass is 16.6. The van der Waals surface area contributed by atoms with Crippen molar-refractivity contribution in [3.8, 4) is 0 Å². The van der Waals surface area contributed by atoms with Crippen LogP contribution in [-0.2, 0) is 9.53 Å². The summed E-state index contributed by atoms with van der Waals surface area (Å²) in [5, 5.41) is 3.30. The zero-order chi connectivity index (χ0) is 14.3. The predicted octanol–water partition coefficient (Wildman–Crippen LogP) is 3.07. The van der Waals surface area contributed by atoms with Gasteiger partial charge in [0.2, 0.25) is 0 Å². The minimum Gasteiger partial charge on any atom is -0.457 e. The summed E-state index contributed by atoms with van der Waals surface area (Å²) in [6, 6.07) is -0.0113. The Kier molecular flexibility index (Phi) is 6.92. The van der Waals surface area contributed by atoms with E-state index < -0.39 is 5.60 Å². The molecule has 0 saturated carbocycles. The van der Waals surface area contributed by atoms with Crippen molar-refractivity contribution in [2.24, 2.45) is 5.92 Å². The highest BCUT2D eigenvalue weighted by molar-refractivity contribution is 5.90. The standard InChI is InChI=1S/C15H27NO2/c1-8-10-16-13(11(3)4)12(9-2)14(17)18-15(5,6)7/h8-9,11,13,16H,1,10H2,2-7H3/b12-9-. The average Bonchev–Trinajstić information content (AvgIpc) is 2.20. The Hall–Kier alpha value is -1.09. The number of hydrogen-bond donors (Lipinski definition) is 1. The van der Waals surface area contributed by atoms with Crippen molar-refractivity contribution in [2.45, 2.75) is 53.2 Å². The van der Waals surface area contributed by atoms with Gasteiger partial charge in [-0.3, -0.25) is 0 Å². The van der Waals surface area contributed by atoms with Gasteiger partial charge in [-0.15, -0.1) is 6.58 Å². The van der Waals surface area contributed by atoms with Crippen LogP contribution in [-0.4, -0.2) is 24.2 Å². The third kappa shape index (κ3) is 6.01. The fourth-order valence-corrected chi connectivity index (χ4v) is 1.68. The topological polar surface area (TPSA) is 38.3 Å². The van der Waals surface area contributed by atoms with E-state index in [0.717, 1.165) is 0 Å². The summed E-state index contributed by atoms with van der Waals surface area (Å²) in [6.07, 6.45) is 3.62. The number of esters is 1. The van der Waals surface area contributed by atoms with Crippen LogP contribution in [0.25, 0.3) is 0 Å². The van der Waals surface area contributed by atoms with Gasteiger partial charge in [-0.25, -0.2) is 4.79 Å². The lowest BCUT2D eigenvalue weighted by atomic mass is 9.95. The first kappa shape index (κ1) is 16.9. The van der Waals surface area contributed by atoms with Crippen molar-refractivity contribution < 1.29 is 9.53 Å². The maximum absolute atomic E-state index is 12.1. The van der Waals surface area contributed by atoms with Crippen LogP contribution < -0.4 is 5.32 Å². The van der Waals surface area contributed by atoms with Crippen LogP contribution >= 0.6 is 0 Å². The molecule has 1 N–H and O–H groups in total. The molecule has 0 fully saturated rings. The summed E-state index contributed by atoms with van der Waals surface area (Å²) in [6.45, 7) is 16.0. The zero-order valence-corrected chi connectivity index (χ0v) is 12.5. The van der Waals surface area contributed by atoms with E-state index in [9.17, 15) is 4.79 Å². The number of carbonyl (C=O) groups excluding carboxylic acids is 1. The van der Waals surface area contributed by atoms with Gasteiger partial charge in [-0.1, -0.05) is 26.0 Å². The van der Waals surface area contributed by atoms with E-state index in [4.69, 9.17) is 4.74 Å². The maximum Gasteiger partial charge on any atom is 0.335 e. The smallest absolute Gasteiger partial charge is 0.335 e.